The van der Waals surface area contributed by atoms with Gasteiger partial charge in [-0.05, 0) is 49.9 Å². The Morgan fingerprint density at radius 1 is 1.16 bits per heavy atom. The average molecular weight is 542 g/mol. The minimum atomic E-state index is -1.42. The molecular weight excluding hydrogens is 518 g/mol. The highest BCUT2D eigenvalue weighted by Crippen LogP contribution is 2.32. The summed E-state index contributed by atoms with van der Waals surface area (Å²) in [7, 11) is 0. The van der Waals surface area contributed by atoms with Crippen LogP contribution in [0.3, 0.4) is 0 Å². The van der Waals surface area contributed by atoms with Crippen LogP contribution in [-0.4, -0.2) is 61.9 Å². The third kappa shape index (κ3) is 5.20. The summed E-state index contributed by atoms with van der Waals surface area (Å²) in [6.07, 6.45) is 2.93. The molecule has 1 aromatic carbocycles. The van der Waals surface area contributed by atoms with Crippen molar-refractivity contribution in [1.29, 1.82) is 0 Å². The second kappa shape index (κ2) is 9.81. The summed E-state index contributed by atoms with van der Waals surface area (Å²) in [6.45, 7) is 2.16. The van der Waals surface area contributed by atoms with Crippen LogP contribution < -0.4 is 10.1 Å². The lowest BCUT2D eigenvalue weighted by Crippen LogP contribution is -2.45. The maximum Gasteiger partial charge on any atom is 0.511 e. The first-order valence-electron chi connectivity index (χ1n) is 12.1. The number of nitrogens with one attached hydrogen (secondary N) is 1. The number of aromatic nitrogens is 3. The number of hydrogen-bond donors (Lipinski definition) is 2. The molecule has 12 heteroatoms. The van der Waals surface area contributed by atoms with Gasteiger partial charge in [-0.3, -0.25) is 4.79 Å². The Balaban J connectivity index is 1.28. The summed E-state index contributed by atoms with van der Waals surface area (Å²) in [5.41, 5.74) is 1.67. The molecule has 4 heterocycles. The number of imidazole rings is 1. The van der Waals surface area contributed by atoms with Crippen LogP contribution in [0, 0.1) is 0 Å². The van der Waals surface area contributed by atoms with Gasteiger partial charge in [0.1, 0.15) is 11.4 Å². The van der Waals surface area contributed by atoms with Crippen molar-refractivity contribution in [2.45, 2.75) is 44.3 Å². The van der Waals surface area contributed by atoms with Crippen molar-refractivity contribution >= 4 is 46.0 Å². The van der Waals surface area contributed by atoms with E-state index in [-0.39, 0.29) is 30.1 Å². The van der Waals surface area contributed by atoms with Crippen LogP contribution in [0.5, 0.6) is 5.75 Å². The topological polar surface area (TPSA) is 123 Å². The minimum Gasteiger partial charge on any atom is -0.449 e. The van der Waals surface area contributed by atoms with E-state index >= 15 is 0 Å². The zero-order valence-electron chi connectivity index (χ0n) is 19.7. The van der Waals surface area contributed by atoms with Gasteiger partial charge in [-0.25, -0.2) is 9.78 Å². The number of halogens is 1. The second-order valence-electron chi connectivity index (χ2n) is 9.34. The van der Waals surface area contributed by atoms with Crippen molar-refractivity contribution in [2.24, 2.45) is 0 Å². The van der Waals surface area contributed by atoms with Gasteiger partial charge < -0.3 is 29.2 Å². The summed E-state index contributed by atoms with van der Waals surface area (Å²) in [5.74, 6) is 0.639. The molecule has 1 saturated heterocycles. The number of thiophene rings is 1. The number of carbonyl (C=O) groups is 2. The molecule has 0 radical (unpaired) electrons. The third-order valence-electron chi connectivity index (χ3n) is 6.75. The average Bonchev–Trinajstić information content (AvgIpc) is 3.29. The number of fused-ring (bicyclic) bond motifs is 1. The maximum absolute atomic E-state index is 13.4. The first kappa shape index (κ1) is 24.0. The summed E-state index contributed by atoms with van der Waals surface area (Å²) in [4.78, 5) is 32.4. The van der Waals surface area contributed by atoms with Crippen molar-refractivity contribution in [2.75, 3.05) is 13.1 Å². The Bertz CT molecular complexity index is 1470. The smallest absolute Gasteiger partial charge is 0.449 e. The van der Waals surface area contributed by atoms with Crippen LogP contribution in [0.2, 0.25) is 4.34 Å². The summed E-state index contributed by atoms with van der Waals surface area (Å²) >= 11 is 7.43. The molecule has 0 bridgehead atoms. The number of likely N-dealkylation sites (tertiary alicyclic amines) is 1. The van der Waals surface area contributed by atoms with Crippen LogP contribution in [-0.2, 0) is 6.54 Å². The third-order valence-corrected chi connectivity index (χ3v) is 8.00. The maximum atomic E-state index is 13.4. The van der Waals surface area contributed by atoms with Crippen molar-refractivity contribution in [3.63, 3.8) is 0 Å². The van der Waals surface area contributed by atoms with E-state index in [9.17, 15) is 9.59 Å². The van der Waals surface area contributed by atoms with Gasteiger partial charge in [0.15, 0.2) is 11.6 Å². The predicted molar refractivity (Wildman–Crippen MR) is 137 cm³/mol. The predicted octanol–water partition coefficient (Wildman–Crippen LogP) is 4.87. The van der Waals surface area contributed by atoms with E-state index in [4.69, 9.17) is 26.0 Å². The van der Waals surface area contributed by atoms with E-state index < -0.39 is 6.16 Å². The molecule has 2 N–H and O–H groups in total. The molecule has 1 aliphatic heterocycles. The Labute approximate surface area is 220 Å². The fourth-order valence-electron chi connectivity index (χ4n) is 4.81. The molecule has 2 fully saturated rings. The number of benzene rings is 1. The number of nitrogens with zero attached hydrogens (tertiary/aromatic N) is 4. The molecule has 0 spiro atoms. The Kier molecular flexibility index (Phi) is 6.35. The molecule has 1 amide bonds. The van der Waals surface area contributed by atoms with Crippen LogP contribution in [0.1, 0.15) is 42.0 Å². The van der Waals surface area contributed by atoms with E-state index in [1.807, 2.05) is 6.07 Å². The van der Waals surface area contributed by atoms with Crippen LogP contribution in [0.25, 0.3) is 21.7 Å². The van der Waals surface area contributed by atoms with Gasteiger partial charge in [-0.1, -0.05) is 16.8 Å². The number of piperidine rings is 1. The molecule has 0 atom stereocenters. The van der Waals surface area contributed by atoms with Crippen molar-refractivity contribution in [3.8, 4) is 16.4 Å². The summed E-state index contributed by atoms with van der Waals surface area (Å²) < 4.78 is 12.7. The van der Waals surface area contributed by atoms with Crippen molar-refractivity contribution in [1.82, 2.24) is 24.9 Å². The second-order valence-corrected chi connectivity index (χ2v) is 11.1. The van der Waals surface area contributed by atoms with Gasteiger partial charge in [-0.2, -0.15) is 0 Å². The number of carboxylic acid groups (broad SMARTS) is 1. The number of hydrogen-bond acceptors (Lipinski definition) is 8. The van der Waals surface area contributed by atoms with E-state index in [1.165, 1.54) is 30.2 Å². The highest BCUT2D eigenvalue weighted by atomic mass is 35.5. The minimum absolute atomic E-state index is 0.0731. The van der Waals surface area contributed by atoms with Gasteiger partial charge in [0, 0.05) is 37.3 Å². The highest BCUT2D eigenvalue weighted by Gasteiger charge is 2.32. The van der Waals surface area contributed by atoms with Crippen LogP contribution in [0.15, 0.2) is 40.9 Å². The normalized spacial score (nSPS) is 16.8. The summed E-state index contributed by atoms with van der Waals surface area (Å²) in [5, 5.41) is 16.4. The van der Waals surface area contributed by atoms with E-state index in [0.717, 1.165) is 36.9 Å². The molecule has 2 aliphatic rings. The van der Waals surface area contributed by atoms with Crippen molar-refractivity contribution in [3.05, 3.63) is 52.3 Å². The number of carbonyl (C=O) groups excluding carboxylic acids is 1. The zero-order valence-corrected chi connectivity index (χ0v) is 21.3. The first-order valence-corrected chi connectivity index (χ1v) is 13.3. The quantitative estimate of drug-likeness (QED) is 0.251. The fourth-order valence-corrected chi connectivity index (χ4v) is 5.80. The number of ether oxygens (including phenoxy) is 1. The Morgan fingerprint density at radius 3 is 2.68 bits per heavy atom. The molecule has 3 aromatic heterocycles. The van der Waals surface area contributed by atoms with Crippen LogP contribution >= 0.6 is 22.9 Å². The lowest BCUT2D eigenvalue weighted by Gasteiger charge is -2.32. The molecule has 0 unspecified atom stereocenters. The Hall–Kier alpha value is -3.41. The molecule has 192 valence electrons. The summed E-state index contributed by atoms with van der Waals surface area (Å²) in [6, 6.07) is 10.9. The fraction of sp³-hybridized carbons (Fsp3) is 0.360. The SMILES string of the molecule is O=C(O)Oc1ccc2nc(C(=O)NC3CCN(C4CC4)CC3)n(Cc3cc(-c4ccc(Cl)s4)on3)c2c1. The van der Waals surface area contributed by atoms with Gasteiger partial charge >= 0.3 is 6.16 Å². The number of rotatable bonds is 7. The monoisotopic (exact) mass is 541 g/mol. The highest BCUT2D eigenvalue weighted by molar-refractivity contribution is 7.19. The van der Waals surface area contributed by atoms with E-state index in [0.29, 0.717) is 26.8 Å². The first-order chi connectivity index (χ1) is 17.9. The number of amides is 1. The van der Waals surface area contributed by atoms with Gasteiger partial charge in [0.2, 0.25) is 0 Å². The molecular formula is C25H24ClN5O5S. The standard InChI is InChI=1S/C25H24ClN5O5S/c26-22-6-5-21(37-22)20-11-15(29-36-20)13-31-19-12-17(35-25(33)34)3-4-18(19)28-23(31)24(32)27-14-7-9-30(10-8-14)16-1-2-16/h3-6,11-12,14,16H,1-2,7-10,13H2,(H,27,32)(H,33,34). The van der Waals surface area contributed by atoms with Crippen LogP contribution in [0.4, 0.5) is 4.79 Å². The molecule has 10 nitrogen and oxygen atoms in total. The zero-order chi connectivity index (χ0) is 25.5. The van der Waals surface area contributed by atoms with Gasteiger partial charge in [0.25, 0.3) is 5.91 Å². The van der Waals surface area contributed by atoms with Crippen molar-refractivity contribution < 1.29 is 24.0 Å². The molecule has 1 aliphatic carbocycles. The van der Waals surface area contributed by atoms with Gasteiger partial charge in [-0.15, -0.1) is 11.3 Å². The van der Waals surface area contributed by atoms with Gasteiger partial charge in [0.05, 0.1) is 26.8 Å². The van der Waals surface area contributed by atoms with E-state index in [2.05, 4.69) is 20.4 Å². The lowest BCUT2D eigenvalue weighted by atomic mass is 10.0. The molecule has 37 heavy (non-hydrogen) atoms. The van der Waals surface area contributed by atoms with E-state index in [1.54, 1.807) is 28.8 Å². The largest absolute Gasteiger partial charge is 0.511 e. The Morgan fingerprint density at radius 2 is 1.97 bits per heavy atom. The molecule has 1 saturated carbocycles. The molecule has 6 rings (SSSR count). The molecule has 4 aromatic rings. The lowest BCUT2D eigenvalue weighted by molar-refractivity contribution is 0.0895.